The Balaban J connectivity index is 1.46. The molecule has 0 unspecified atom stereocenters. The van der Waals surface area contributed by atoms with Crippen LogP contribution < -0.4 is 0 Å². The van der Waals surface area contributed by atoms with Crippen LogP contribution in [0.3, 0.4) is 0 Å². The number of amides is 2. The minimum Gasteiger partial charge on any atom is -0.377 e. The van der Waals surface area contributed by atoms with Gasteiger partial charge in [0.05, 0.1) is 19.3 Å². The van der Waals surface area contributed by atoms with Crippen molar-refractivity contribution in [3.63, 3.8) is 0 Å². The van der Waals surface area contributed by atoms with Crippen LogP contribution in [0.5, 0.6) is 0 Å². The molecule has 0 saturated carbocycles. The van der Waals surface area contributed by atoms with Crippen molar-refractivity contribution in [3.05, 3.63) is 83.6 Å². The SMILES string of the molecule is CN(C)C(=O)c1ccc2c(c1)c(C[C@H]1COCCN1C(=O)c1ccc3ccccc3c1)cn2C. The van der Waals surface area contributed by atoms with Crippen LogP contribution in [-0.4, -0.2) is 66.1 Å². The van der Waals surface area contributed by atoms with Gasteiger partial charge in [-0.2, -0.15) is 0 Å². The van der Waals surface area contributed by atoms with Crippen molar-refractivity contribution in [2.75, 3.05) is 33.9 Å². The van der Waals surface area contributed by atoms with Gasteiger partial charge >= 0.3 is 0 Å². The molecular formula is C28H29N3O3. The minimum absolute atomic E-state index is 0.0224. The fourth-order valence-electron chi connectivity index (χ4n) is 4.86. The lowest BCUT2D eigenvalue weighted by atomic mass is 10.0. The third kappa shape index (κ3) is 4.05. The van der Waals surface area contributed by atoms with Crippen LogP contribution in [0.15, 0.2) is 66.9 Å². The number of carbonyl (C=O) groups is 2. The minimum atomic E-state index is -0.0773. The van der Waals surface area contributed by atoms with Gasteiger partial charge in [-0.3, -0.25) is 9.59 Å². The molecule has 6 heteroatoms. The summed E-state index contributed by atoms with van der Waals surface area (Å²) in [5.74, 6) is 0.00794. The molecular weight excluding hydrogens is 426 g/mol. The summed E-state index contributed by atoms with van der Waals surface area (Å²) in [4.78, 5) is 29.6. The molecule has 4 aromatic rings. The van der Waals surface area contributed by atoms with Crippen LogP contribution in [0.25, 0.3) is 21.7 Å². The lowest BCUT2D eigenvalue weighted by Gasteiger charge is -2.36. The molecule has 0 bridgehead atoms. The van der Waals surface area contributed by atoms with Gasteiger partial charge in [-0.25, -0.2) is 0 Å². The lowest BCUT2D eigenvalue weighted by Crippen LogP contribution is -2.49. The molecule has 1 aromatic heterocycles. The van der Waals surface area contributed by atoms with Crippen molar-refractivity contribution in [3.8, 4) is 0 Å². The van der Waals surface area contributed by atoms with E-state index in [2.05, 4.69) is 16.8 Å². The molecule has 1 saturated heterocycles. The largest absolute Gasteiger partial charge is 0.377 e. The molecule has 2 amide bonds. The van der Waals surface area contributed by atoms with E-state index in [1.807, 2.05) is 66.5 Å². The topological polar surface area (TPSA) is 54.8 Å². The van der Waals surface area contributed by atoms with Gasteiger partial charge in [-0.1, -0.05) is 30.3 Å². The Morgan fingerprint density at radius 1 is 1.00 bits per heavy atom. The maximum Gasteiger partial charge on any atom is 0.254 e. The average Bonchev–Trinajstić information content (AvgIpc) is 3.17. The van der Waals surface area contributed by atoms with Gasteiger partial charge < -0.3 is 19.1 Å². The van der Waals surface area contributed by atoms with Gasteiger partial charge in [-0.15, -0.1) is 0 Å². The lowest BCUT2D eigenvalue weighted by molar-refractivity contribution is -0.00155. The first-order valence-corrected chi connectivity index (χ1v) is 11.6. The van der Waals surface area contributed by atoms with Crippen LogP contribution in [0.4, 0.5) is 0 Å². The molecule has 0 spiro atoms. The molecule has 0 aliphatic carbocycles. The normalized spacial score (nSPS) is 16.2. The van der Waals surface area contributed by atoms with E-state index in [0.717, 1.165) is 27.2 Å². The molecule has 1 aliphatic rings. The first-order valence-electron chi connectivity index (χ1n) is 11.6. The summed E-state index contributed by atoms with van der Waals surface area (Å²) in [5, 5.41) is 3.22. The van der Waals surface area contributed by atoms with Gasteiger partial charge in [0.25, 0.3) is 11.8 Å². The molecule has 5 rings (SSSR count). The third-order valence-corrected chi connectivity index (χ3v) is 6.67. The van der Waals surface area contributed by atoms with Gasteiger partial charge in [0.1, 0.15) is 0 Å². The Morgan fingerprint density at radius 3 is 2.56 bits per heavy atom. The first kappa shape index (κ1) is 22.2. The maximum atomic E-state index is 13.5. The van der Waals surface area contributed by atoms with Crippen LogP contribution in [0, 0.1) is 0 Å². The van der Waals surface area contributed by atoms with Crippen LogP contribution in [-0.2, 0) is 18.2 Å². The molecule has 174 valence electrons. The molecule has 1 aliphatic heterocycles. The van der Waals surface area contributed by atoms with E-state index >= 15 is 0 Å². The average molecular weight is 456 g/mol. The second-order valence-corrected chi connectivity index (χ2v) is 9.19. The van der Waals surface area contributed by atoms with E-state index in [-0.39, 0.29) is 17.9 Å². The number of carbonyl (C=O) groups excluding carboxylic acids is 2. The number of rotatable bonds is 4. The highest BCUT2D eigenvalue weighted by molar-refractivity contribution is 6.00. The van der Waals surface area contributed by atoms with E-state index < -0.39 is 0 Å². The number of morpholine rings is 1. The van der Waals surface area contributed by atoms with E-state index in [1.165, 1.54) is 0 Å². The molecule has 0 N–H and O–H groups in total. The van der Waals surface area contributed by atoms with Crippen molar-refractivity contribution in [2.24, 2.45) is 7.05 Å². The van der Waals surface area contributed by atoms with Crippen LogP contribution >= 0.6 is 0 Å². The number of aromatic nitrogens is 1. The number of benzene rings is 3. The van der Waals surface area contributed by atoms with Crippen molar-refractivity contribution < 1.29 is 14.3 Å². The zero-order valence-electron chi connectivity index (χ0n) is 19.8. The highest BCUT2D eigenvalue weighted by Gasteiger charge is 2.29. The third-order valence-electron chi connectivity index (χ3n) is 6.67. The summed E-state index contributed by atoms with van der Waals surface area (Å²) in [6.07, 6.45) is 2.76. The Labute approximate surface area is 199 Å². The number of nitrogens with zero attached hydrogens (tertiary/aromatic N) is 3. The van der Waals surface area contributed by atoms with Crippen LogP contribution in [0.1, 0.15) is 26.3 Å². The molecule has 1 fully saturated rings. The highest BCUT2D eigenvalue weighted by Crippen LogP contribution is 2.27. The summed E-state index contributed by atoms with van der Waals surface area (Å²) in [6, 6.07) is 19.7. The van der Waals surface area contributed by atoms with Crippen molar-refractivity contribution in [2.45, 2.75) is 12.5 Å². The zero-order valence-corrected chi connectivity index (χ0v) is 19.8. The summed E-state index contributed by atoms with van der Waals surface area (Å²) in [7, 11) is 5.52. The Kier molecular flexibility index (Phi) is 5.84. The Hall–Kier alpha value is -3.64. The zero-order chi connectivity index (χ0) is 23.8. The number of aryl methyl sites for hydroxylation is 1. The predicted octanol–water partition coefficient (Wildman–Crippen LogP) is 4.12. The molecule has 6 nitrogen and oxygen atoms in total. The van der Waals surface area contributed by atoms with Gasteiger partial charge in [0.15, 0.2) is 0 Å². The van der Waals surface area contributed by atoms with Gasteiger partial charge in [0, 0.05) is 55.9 Å². The van der Waals surface area contributed by atoms with Gasteiger partial charge in [0.2, 0.25) is 0 Å². The first-order chi connectivity index (χ1) is 16.4. The van der Waals surface area contributed by atoms with E-state index in [9.17, 15) is 9.59 Å². The summed E-state index contributed by atoms with van der Waals surface area (Å²) >= 11 is 0. The van der Waals surface area contributed by atoms with E-state index in [0.29, 0.717) is 37.3 Å². The molecule has 1 atom stereocenters. The fourth-order valence-corrected chi connectivity index (χ4v) is 4.86. The number of fused-ring (bicyclic) bond motifs is 2. The number of hydrogen-bond acceptors (Lipinski definition) is 3. The van der Waals surface area contributed by atoms with Gasteiger partial charge in [-0.05, 0) is 53.1 Å². The fraction of sp³-hybridized carbons (Fsp3) is 0.286. The van der Waals surface area contributed by atoms with Crippen LogP contribution in [0.2, 0.25) is 0 Å². The standard InChI is InChI=1S/C28H29N3O3/c1-29(2)27(32)22-10-11-26-25(16-22)23(17-30(26)3)15-24-18-34-13-12-31(24)28(33)21-9-8-19-6-4-5-7-20(19)14-21/h4-11,14,16-17,24H,12-13,15,18H2,1-3H3/t24-/m0/s1. The molecule has 34 heavy (non-hydrogen) atoms. The van der Waals surface area contributed by atoms with Crippen molar-refractivity contribution in [1.29, 1.82) is 0 Å². The molecule has 3 aromatic carbocycles. The van der Waals surface area contributed by atoms with Crippen molar-refractivity contribution in [1.82, 2.24) is 14.4 Å². The smallest absolute Gasteiger partial charge is 0.254 e. The monoisotopic (exact) mass is 455 g/mol. The second kappa shape index (κ2) is 8.95. The molecule has 2 heterocycles. The highest BCUT2D eigenvalue weighted by atomic mass is 16.5. The quantitative estimate of drug-likeness (QED) is 0.465. The Morgan fingerprint density at radius 2 is 1.76 bits per heavy atom. The van der Waals surface area contributed by atoms with Crippen molar-refractivity contribution >= 4 is 33.5 Å². The predicted molar refractivity (Wildman–Crippen MR) is 134 cm³/mol. The second-order valence-electron chi connectivity index (χ2n) is 9.19. The number of ether oxygens (including phenoxy) is 1. The molecule has 0 radical (unpaired) electrons. The van der Waals surface area contributed by atoms with E-state index in [4.69, 9.17) is 4.74 Å². The number of hydrogen-bond donors (Lipinski definition) is 0. The van der Waals surface area contributed by atoms with E-state index in [1.54, 1.807) is 19.0 Å². The summed E-state index contributed by atoms with van der Waals surface area (Å²) in [5.41, 5.74) is 3.53. The maximum absolute atomic E-state index is 13.5. The summed E-state index contributed by atoms with van der Waals surface area (Å²) < 4.78 is 7.87. The Bertz CT molecular complexity index is 1390. The summed E-state index contributed by atoms with van der Waals surface area (Å²) in [6.45, 7) is 1.59.